The molecule has 0 saturated carbocycles. The Morgan fingerprint density at radius 1 is 1.00 bits per heavy atom. The minimum Gasteiger partial charge on any atom is -0.464 e. The summed E-state index contributed by atoms with van der Waals surface area (Å²) < 4.78 is 34.9. The highest BCUT2D eigenvalue weighted by Gasteiger charge is 2.53. The molecule has 2 aromatic rings. The van der Waals surface area contributed by atoms with E-state index in [1.54, 1.807) is 18.2 Å². The zero-order valence-corrected chi connectivity index (χ0v) is 22.8. The van der Waals surface area contributed by atoms with Crippen LogP contribution in [-0.4, -0.2) is 59.5 Å². The van der Waals surface area contributed by atoms with Crippen LogP contribution in [0.2, 0.25) is 0 Å². The van der Waals surface area contributed by atoms with Crippen molar-refractivity contribution in [2.75, 3.05) is 6.61 Å². The fraction of sp³-hybridized carbons (Fsp3) is 0.462. The summed E-state index contributed by atoms with van der Waals surface area (Å²) in [4.78, 5) is 48.0. The summed E-state index contributed by atoms with van der Waals surface area (Å²) in [5.41, 5.74) is 1.10. The first-order valence-electron chi connectivity index (χ1n) is 12.0. The molecule has 3 rings (SSSR count). The Labute approximate surface area is 229 Å². The van der Waals surface area contributed by atoms with E-state index < -0.39 is 61.1 Å². The Bertz CT molecular complexity index is 1340. The molecule has 0 spiro atoms. The molecule has 0 bridgehead atoms. The zero-order chi connectivity index (χ0) is 28.9. The monoisotopic (exact) mass is 560 g/mol. The van der Waals surface area contributed by atoms with E-state index in [2.05, 4.69) is 6.07 Å². The van der Waals surface area contributed by atoms with Gasteiger partial charge in [0, 0.05) is 39.0 Å². The van der Waals surface area contributed by atoms with Gasteiger partial charge in [-0.15, -0.1) is 0 Å². The number of nitrogens with zero attached hydrogens (tertiary/aromatic N) is 2. The van der Waals surface area contributed by atoms with Crippen LogP contribution in [0.25, 0.3) is 11.3 Å². The van der Waals surface area contributed by atoms with Gasteiger partial charge in [-0.3, -0.25) is 19.2 Å². The van der Waals surface area contributed by atoms with Crippen LogP contribution in [0.5, 0.6) is 0 Å². The van der Waals surface area contributed by atoms with Gasteiger partial charge in [0.1, 0.15) is 29.2 Å². The molecule has 12 nitrogen and oxygen atoms in total. The van der Waals surface area contributed by atoms with Crippen molar-refractivity contribution >= 4 is 36.1 Å². The maximum Gasteiger partial charge on any atom is 0.303 e. The van der Waals surface area contributed by atoms with Crippen molar-refractivity contribution in [1.29, 1.82) is 5.26 Å². The van der Waals surface area contributed by atoms with Gasteiger partial charge in [-0.25, -0.2) is 0 Å². The minimum atomic E-state index is -1.38. The largest absolute Gasteiger partial charge is 0.464 e. The van der Waals surface area contributed by atoms with Gasteiger partial charge < -0.3 is 32.7 Å². The highest BCUT2D eigenvalue weighted by molar-refractivity contribution is 7.71. The quantitative estimate of drug-likeness (QED) is 0.264. The second-order valence-corrected chi connectivity index (χ2v) is 9.02. The Hall–Kier alpha value is -4.02. The Morgan fingerprint density at radius 3 is 2.13 bits per heavy atom. The molecule has 1 fully saturated rings. The molecule has 208 valence electrons. The molecule has 2 aromatic heterocycles. The van der Waals surface area contributed by atoms with E-state index >= 15 is 0 Å². The van der Waals surface area contributed by atoms with Crippen LogP contribution >= 0.6 is 12.2 Å². The topological polar surface area (TPSA) is 156 Å². The fourth-order valence-corrected chi connectivity index (χ4v) is 4.75. The molecule has 1 saturated heterocycles. The lowest BCUT2D eigenvalue weighted by Crippen LogP contribution is -2.60. The smallest absolute Gasteiger partial charge is 0.303 e. The van der Waals surface area contributed by atoms with Crippen LogP contribution in [0.4, 0.5) is 0 Å². The molecule has 1 aliphatic rings. The summed E-state index contributed by atoms with van der Waals surface area (Å²) in [6.07, 6.45) is -4.66. The third-order valence-corrected chi connectivity index (χ3v) is 6.20. The van der Waals surface area contributed by atoms with Gasteiger partial charge in [-0.05, 0) is 24.6 Å². The third-order valence-electron chi connectivity index (χ3n) is 5.80. The summed E-state index contributed by atoms with van der Waals surface area (Å²) >= 11 is 5.72. The van der Waals surface area contributed by atoms with Gasteiger partial charge in [0.15, 0.2) is 24.5 Å². The average molecular weight is 561 g/mol. The zero-order valence-electron chi connectivity index (χ0n) is 22.0. The predicted molar refractivity (Wildman–Crippen MR) is 134 cm³/mol. The molecule has 3 heterocycles. The van der Waals surface area contributed by atoms with Crippen LogP contribution in [-0.2, 0) is 49.3 Å². The molecule has 0 N–H and O–H groups in total. The number of ether oxygens (including phenoxy) is 5. The van der Waals surface area contributed by atoms with Crippen molar-refractivity contribution < 1.29 is 47.3 Å². The van der Waals surface area contributed by atoms with E-state index in [1.807, 2.05) is 6.92 Å². The average Bonchev–Trinajstić information content (AvgIpc) is 3.39. The molecule has 1 aliphatic heterocycles. The predicted octanol–water partition coefficient (Wildman–Crippen LogP) is 3.17. The van der Waals surface area contributed by atoms with E-state index in [0.717, 1.165) is 20.8 Å². The van der Waals surface area contributed by atoms with E-state index in [9.17, 15) is 24.4 Å². The van der Waals surface area contributed by atoms with Gasteiger partial charge >= 0.3 is 23.9 Å². The van der Waals surface area contributed by atoms with Crippen molar-refractivity contribution in [3.05, 3.63) is 40.4 Å². The third kappa shape index (κ3) is 6.71. The van der Waals surface area contributed by atoms with Crippen LogP contribution in [0.3, 0.4) is 0 Å². The maximum absolute atomic E-state index is 12.2. The summed E-state index contributed by atoms with van der Waals surface area (Å²) in [5, 5.41) is 10.0. The molecule has 0 aliphatic carbocycles. The van der Waals surface area contributed by atoms with Crippen LogP contribution in [0, 0.1) is 16.0 Å². The first-order valence-corrected chi connectivity index (χ1v) is 12.4. The first-order chi connectivity index (χ1) is 18.5. The number of aromatic nitrogens is 1. The van der Waals surface area contributed by atoms with Crippen molar-refractivity contribution in [2.24, 2.45) is 0 Å². The second-order valence-electron chi connectivity index (χ2n) is 8.63. The molecular formula is C26H28N2O10S. The summed E-state index contributed by atoms with van der Waals surface area (Å²) in [5.74, 6) is -2.47. The van der Waals surface area contributed by atoms with E-state index in [4.69, 9.17) is 40.3 Å². The molecule has 0 amide bonds. The second kappa shape index (κ2) is 12.7. The number of hydrogen-bond acceptors (Lipinski definition) is 12. The molecule has 13 heteroatoms. The molecule has 5 atom stereocenters. The van der Waals surface area contributed by atoms with Gasteiger partial charge in [0.25, 0.3) is 0 Å². The highest BCUT2D eigenvalue weighted by atomic mass is 32.1. The molecule has 0 aromatic carbocycles. The lowest BCUT2D eigenvalue weighted by Gasteiger charge is -2.45. The van der Waals surface area contributed by atoms with Crippen LogP contribution < -0.4 is 0 Å². The lowest BCUT2D eigenvalue weighted by molar-refractivity contribution is -0.269. The lowest BCUT2D eigenvalue weighted by atomic mass is 9.96. The number of carbonyl (C=O) groups is 4. The Balaban J connectivity index is 2.28. The van der Waals surface area contributed by atoms with Gasteiger partial charge in [0.2, 0.25) is 0 Å². The van der Waals surface area contributed by atoms with Gasteiger partial charge in [-0.1, -0.05) is 19.1 Å². The van der Waals surface area contributed by atoms with E-state index in [1.165, 1.54) is 17.8 Å². The Morgan fingerprint density at radius 2 is 1.62 bits per heavy atom. The van der Waals surface area contributed by atoms with E-state index in [0.29, 0.717) is 23.4 Å². The van der Waals surface area contributed by atoms with E-state index in [-0.39, 0.29) is 10.2 Å². The molecule has 0 radical (unpaired) electrons. The normalized spacial score (nSPS) is 22.3. The summed E-state index contributed by atoms with van der Waals surface area (Å²) in [6, 6.07) is 7.15. The Kier molecular flexibility index (Phi) is 9.61. The number of rotatable bonds is 8. The minimum absolute atomic E-state index is 0.0316. The van der Waals surface area contributed by atoms with Crippen molar-refractivity contribution in [3.8, 4) is 17.4 Å². The van der Waals surface area contributed by atoms with Crippen molar-refractivity contribution in [3.63, 3.8) is 0 Å². The maximum atomic E-state index is 12.2. The highest BCUT2D eigenvalue weighted by Crippen LogP contribution is 2.37. The molecule has 39 heavy (non-hydrogen) atoms. The molecule has 0 unspecified atom stereocenters. The summed E-state index contributed by atoms with van der Waals surface area (Å²) in [6.45, 7) is 6.05. The molecular weight excluding hydrogens is 532 g/mol. The fourth-order valence-electron chi connectivity index (χ4n) is 4.37. The van der Waals surface area contributed by atoms with Crippen LogP contribution in [0.1, 0.15) is 52.1 Å². The first kappa shape index (κ1) is 29.5. The SMILES string of the molecule is CCc1cc(-c2ccco2)c(C#N)c(=S)n1[C@H]1O[C@@H](COC(C)=O)[C@@H](OC(C)=O)[C@@H](OC(C)=O)[C@@H]1OC(C)=O. The van der Waals surface area contributed by atoms with Gasteiger partial charge in [-0.2, -0.15) is 5.26 Å². The number of esters is 4. The number of furan rings is 1. The van der Waals surface area contributed by atoms with Crippen molar-refractivity contribution in [2.45, 2.75) is 71.7 Å². The van der Waals surface area contributed by atoms with Gasteiger partial charge in [0.05, 0.1) is 11.8 Å². The number of hydrogen-bond donors (Lipinski definition) is 0. The number of aryl methyl sites for hydroxylation is 1. The number of nitriles is 1. The number of pyridine rings is 1. The summed E-state index contributed by atoms with van der Waals surface area (Å²) in [7, 11) is 0. The number of carbonyl (C=O) groups excluding carboxylic acids is 4. The standard InChI is InChI=1S/C26H28N2O10S/c1-6-17-10-18(20-8-7-9-33-20)19(11-27)26(39)28(17)25-24(37-16(5)32)23(36-15(4)31)22(35-14(3)30)21(38-25)12-34-13(2)29/h7-10,21-25H,6,12H2,1-5H3/t21-,22+,23+,24-,25-/m0/s1. The van der Waals surface area contributed by atoms with Crippen LogP contribution in [0.15, 0.2) is 28.9 Å². The van der Waals surface area contributed by atoms with Crippen molar-refractivity contribution in [1.82, 2.24) is 4.57 Å².